The first kappa shape index (κ1) is 12.3. The average Bonchev–Trinajstić information content (AvgIpc) is 2.34. The molecule has 0 bridgehead atoms. The van der Waals surface area contributed by atoms with Gasteiger partial charge in [-0.2, -0.15) is 0 Å². The summed E-state index contributed by atoms with van der Waals surface area (Å²) in [5.41, 5.74) is 1.15. The standard InChI is InChI=1S/C14H16O2/c1-3-4-5-13(15)9-6-12-7-10-14(16-2)11-8-12/h7-8,10-11H,5-6,9H2,1-2H3. The summed E-state index contributed by atoms with van der Waals surface area (Å²) >= 11 is 0. The number of carbonyl (C=O) groups is 1. The van der Waals surface area contributed by atoms with Gasteiger partial charge in [0.25, 0.3) is 0 Å². The Labute approximate surface area is 96.6 Å². The van der Waals surface area contributed by atoms with Gasteiger partial charge in [0.1, 0.15) is 11.5 Å². The van der Waals surface area contributed by atoms with E-state index in [4.69, 9.17) is 4.74 Å². The van der Waals surface area contributed by atoms with Crippen LogP contribution in [0.1, 0.15) is 25.3 Å². The Kier molecular flexibility index (Phi) is 5.15. The van der Waals surface area contributed by atoms with E-state index < -0.39 is 0 Å². The Morgan fingerprint density at radius 3 is 2.56 bits per heavy atom. The van der Waals surface area contributed by atoms with Crippen LogP contribution in [0.25, 0.3) is 0 Å². The molecule has 0 heterocycles. The van der Waals surface area contributed by atoms with Gasteiger partial charge in [-0.15, -0.1) is 5.92 Å². The Morgan fingerprint density at radius 1 is 1.31 bits per heavy atom. The second-order valence-electron chi connectivity index (χ2n) is 3.49. The Morgan fingerprint density at radius 2 is 2.00 bits per heavy atom. The molecule has 0 spiro atoms. The first-order valence-electron chi connectivity index (χ1n) is 5.30. The maximum Gasteiger partial charge on any atom is 0.145 e. The minimum atomic E-state index is 0.199. The number of carbonyl (C=O) groups excluding carboxylic acids is 1. The third-order valence-corrected chi connectivity index (χ3v) is 2.31. The molecule has 0 aromatic heterocycles. The van der Waals surface area contributed by atoms with Gasteiger partial charge in [0, 0.05) is 6.42 Å². The van der Waals surface area contributed by atoms with Crippen molar-refractivity contribution in [2.24, 2.45) is 0 Å². The molecule has 1 aromatic rings. The van der Waals surface area contributed by atoms with Gasteiger partial charge < -0.3 is 4.74 Å². The lowest BCUT2D eigenvalue weighted by atomic mass is 10.1. The molecule has 1 aromatic carbocycles. The van der Waals surface area contributed by atoms with Gasteiger partial charge in [-0.1, -0.05) is 18.1 Å². The molecule has 0 saturated heterocycles. The molecule has 2 nitrogen and oxygen atoms in total. The maximum absolute atomic E-state index is 11.4. The molecule has 0 amide bonds. The lowest BCUT2D eigenvalue weighted by molar-refractivity contribution is -0.118. The quantitative estimate of drug-likeness (QED) is 0.707. The molecule has 16 heavy (non-hydrogen) atoms. The molecule has 0 N–H and O–H groups in total. The van der Waals surface area contributed by atoms with Crippen LogP contribution in [0.4, 0.5) is 0 Å². The van der Waals surface area contributed by atoms with Gasteiger partial charge in [-0.25, -0.2) is 0 Å². The second kappa shape index (κ2) is 6.68. The summed E-state index contributed by atoms with van der Waals surface area (Å²) in [5.74, 6) is 6.55. The molecule has 0 atom stereocenters. The SMILES string of the molecule is CC#CCC(=O)CCc1ccc(OC)cc1. The van der Waals surface area contributed by atoms with Crippen molar-refractivity contribution in [1.29, 1.82) is 0 Å². The number of hydrogen-bond acceptors (Lipinski definition) is 2. The van der Waals surface area contributed by atoms with E-state index in [1.807, 2.05) is 24.3 Å². The Hall–Kier alpha value is -1.75. The lowest BCUT2D eigenvalue weighted by Crippen LogP contribution is -1.98. The third-order valence-electron chi connectivity index (χ3n) is 2.31. The van der Waals surface area contributed by atoms with Crippen LogP contribution in [0.5, 0.6) is 5.75 Å². The van der Waals surface area contributed by atoms with Gasteiger partial charge >= 0.3 is 0 Å². The zero-order valence-electron chi connectivity index (χ0n) is 9.75. The minimum Gasteiger partial charge on any atom is -0.497 e. The summed E-state index contributed by atoms with van der Waals surface area (Å²) in [6.45, 7) is 1.75. The van der Waals surface area contributed by atoms with Crippen molar-refractivity contribution in [3.8, 4) is 17.6 Å². The van der Waals surface area contributed by atoms with E-state index in [9.17, 15) is 4.79 Å². The van der Waals surface area contributed by atoms with Crippen molar-refractivity contribution in [2.45, 2.75) is 26.2 Å². The number of aryl methyl sites for hydroxylation is 1. The van der Waals surface area contributed by atoms with E-state index in [-0.39, 0.29) is 5.78 Å². The van der Waals surface area contributed by atoms with Gasteiger partial charge in [0.05, 0.1) is 13.5 Å². The highest BCUT2D eigenvalue weighted by molar-refractivity contribution is 5.80. The molecule has 0 aliphatic carbocycles. The van der Waals surface area contributed by atoms with Gasteiger partial charge in [0.2, 0.25) is 0 Å². The van der Waals surface area contributed by atoms with Crippen LogP contribution in [0.3, 0.4) is 0 Å². The van der Waals surface area contributed by atoms with Crippen LogP contribution >= 0.6 is 0 Å². The molecule has 0 fully saturated rings. The van der Waals surface area contributed by atoms with Crippen LogP contribution in [-0.4, -0.2) is 12.9 Å². The number of benzene rings is 1. The Balaban J connectivity index is 2.41. The Bertz CT molecular complexity index is 393. The van der Waals surface area contributed by atoms with Gasteiger partial charge in [0.15, 0.2) is 0 Å². The number of rotatable bonds is 5. The number of methoxy groups -OCH3 is 1. The van der Waals surface area contributed by atoms with Gasteiger partial charge in [-0.05, 0) is 31.0 Å². The lowest BCUT2D eigenvalue weighted by Gasteiger charge is -2.02. The average molecular weight is 216 g/mol. The minimum absolute atomic E-state index is 0.199. The second-order valence-corrected chi connectivity index (χ2v) is 3.49. The predicted octanol–water partition coefficient (Wildman–Crippen LogP) is 2.61. The normalized spacial score (nSPS) is 9.12. The highest BCUT2D eigenvalue weighted by atomic mass is 16.5. The smallest absolute Gasteiger partial charge is 0.145 e. The molecule has 1 rings (SSSR count). The molecule has 0 aliphatic heterocycles. The monoisotopic (exact) mass is 216 g/mol. The molecule has 2 heteroatoms. The van der Waals surface area contributed by atoms with E-state index in [0.29, 0.717) is 12.8 Å². The van der Waals surface area contributed by atoms with Crippen LogP contribution in [0.15, 0.2) is 24.3 Å². The zero-order chi connectivity index (χ0) is 11.8. The van der Waals surface area contributed by atoms with Crippen molar-refractivity contribution >= 4 is 5.78 Å². The topological polar surface area (TPSA) is 26.3 Å². The van der Waals surface area contributed by atoms with E-state index >= 15 is 0 Å². The van der Waals surface area contributed by atoms with E-state index in [1.165, 1.54) is 0 Å². The van der Waals surface area contributed by atoms with Crippen LogP contribution in [-0.2, 0) is 11.2 Å². The first-order valence-corrected chi connectivity index (χ1v) is 5.30. The van der Waals surface area contributed by atoms with Crippen molar-refractivity contribution < 1.29 is 9.53 Å². The van der Waals surface area contributed by atoms with Crippen molar-refractivity contribution in [1.82, 2.24) is 0 Å². The highest BCUT2D eigenvalue weighted by Gasteiger charge is 2.01. The summed E-state index contributed by atoms with van der Waals surface area (Å²) in [5, 5.41) is 0. The predicted molar refractivity (Wildman–Crippen MR) is 64.4 cm³/mol. The van der Waals surface area contributed by atoms with E-state index in [2.05, 4.69) is 11.8 Å². The molecule has 0 radical (unpaired) electrons. The largest absolute Gasteiger partial charge is 0.497 e. The van der Waals surface area contributed by atoms with Crippen molar-refractivity contribution in [3.05, 3.63) is 29.8 Å². The molecule has 0 unspecified atom stereocenters. The summed E-state index contributed by atoms with van der Waals surface area (Å²) < 4.78 is 5.06. The summed E-state index contributed by atoms with van der Waals surface area (Å²) in [6, 6.07) is 7.78. The van der Waals surface area contributed by atoms with E-state index in [0.717, 1.165) is 17.7 Å². The molecular weight excluding hydrogens is 200 g/mol. The molecular formula is C14H16O2. The van der Waals surface area contributed by atoms with Crippen molar-refractivity contribution in [2.75, 3.05) is 7.11 Å². The van der Waals surface area contributed by atoms with Crippen LogP contribution in [0, 0.1) is 11.8 Å². The fourth-order valence-corrected chi connectivity index (χ4v) is 1.35. The number of Topliss-reactive ketones (excluding diaryl/α,β-unsaturated/α-hetero) is 1. The molecule has 0 saturated carbocycles. The number of ether oxygens (including phenoxy) is 1. The van der Waals surface area contributed by atoms with Gasteiger partial charge in [-0.3, -0.25) is 4.79 Å². The molecule has 84 valence electrons. The summed E-state index contributed by atoms with van der Waals surface area (Å²) in [7, 11) is 1.64. The molecule has 0 aliphatic rings. The fraction of sp³-hybridized carbons (Fsp3) is 0.357. The van der Waals surface area contributed by atoms with Crippen molar-refractivity contribution in [3.63, 3.8) is 0 Å². The fourth-order valence-electron chi connectivity index (χ4n) is 1.35. The summed E-state index contributed by atoms with van der Waals surface area (Å²) in [4.78, 5) is 11.4. The first-order chi connectivity index (χ1) is 7.76. The number of hydrogen-bond donors (Lipinski definition) is 0. The zero-order valence-corrected chi connectivity index (χ0v) is 9.75. The number of ketones is 1. The third kappa shape index (κ3) is 4.18. The van der Waals surface area contributed by atoms with E-state index in [1.54, 1.807) is 14.0 Å². The van der Waals surface area contributed by atoms with Crippen LogP contribution < -0.4 is 4.74 Å². The van der Waals surface area contributed by atoms with Crippen LogP contribution in [0.2, 0.25) is 0 Å². The maximum atomic E-state index is 11.4. The highest BCUT2D eigenvalue weighted by Crippen LogP contribution is 2.12. The summed E-state index contributed by atoms with van der Waals surface area (Å²) in [6.07, 6.45) is 1.70.